The van der Waals surface area contributed by atoms with Crippen LogP contribution in [0.5, 0.6) is 0 Å². The monoisotopic (exact) mass is 439 g/mol. The van der Waals surface area contributed by atoms with Crippen molar-refractivity contribution in [2.45, 2.75) is 45.4 Å². The summed E-state index contributed by atoms with van der Waals surface area (Å²) in [6.07, 6.45) is 4.16. The van der Waals surface area contributed by atoms with Crippen molar-refractivity contribution in [2.24, 2.45) is 5.41 Å². The molecule has 0 spiro atoms. The number of benzene rings is 1. The molecular formula is C26H37N3O3. The fourth-order valence-corrected chi connectivity index (χ4v) is 5.10. The molecule has 0 saturated carbocycles. The van der Waals surface area contributed by atoms with Crippen LogP contribution in [0.2, 0.25) is 0 Å². The van der Waals surface area contributed by atoms with E-state index < -0.39 is 0 Å². The van der Waals surface area contributed by atoms with Gasteiger partial charge < -0.3 is 24.3 Å². The lowest BCUT2D eigenvalue weighted by atomic mass is 9.80. The van der Waals surface area contributed by atoms with E-state index in [2.05, 4.69) is 61.3 Å². The highest BCUT2D eigenvalue weighted by atomic mass is 16.5. The fourth-order valence-electron chi connectivity index (χ4n) is 5.10. The Bertz CT molecular complexity index is 922. The quantitative estimate of drug-likeness (QED) is 0.694. The molecule has 2 fully saturated rings. The molecule has 32 heavy (non-hydrogen) atoms. The Morgan fingerprint density at radius 1 is 1.16 bits per heavy atom. The summed E-state index contributed by atoms with van der Waals surface area (Å²) in [6.45, 7) is 9.03. The van der Waals surface area contributed by atoms with Gasteiger partial charge in [-0.05, 0) is 81.9 Å². The lowest BCUT2D eigenvalue weighted by Crippen LogP contribution is -2.43. The Morgan fingerprint density at radius 3 is 2.56 bits per heavy atom. The Kier molecular flexibility index (Phi) is 6.91. The molecule has 2 aliphatic rings. The van der Waals surface area contributed by atoms with Gasteiger partial charge in [0.05, 0.1) is 11.4 Å². The topological polar surface area (TPSA) is 58.0 Å². The highest BCUT2D eigenvalue weighted by Gasteiger charge is 2.31. The minimum atomic E-state index is -0.190. The molecule has 4 rings (SSSR count). The van der Waals surface area contributed by atoms with Crippen LogP contribution >= 0.6 is 0 Å². The lowest BCUT2D eigenvalue weighted by molar-refractivity contribution is 0.0799. The Morgan fingerprint density at radius 2 is 1.88 bits per heavy atom. The minimum absolute atomic E-state index is 0.190. The first-order valence-electron chi connectivity index (χ1n) is 11.8. The molecule has 6 heteroatoms. The number of carbonyl (C=O) groups is 1. The summed E-state index contributed by atoms with van der Waals surface area (Å²) in [7, 11) is 4.29. The average Bonchev–Trinajstić information content (AvgIpc) is 3.25. The Labute approximate surface area is 191 Å². The predicted molar refractivity (Wildman–Crippen MR) is 129 cm³/mol. The normalized spacial score (nSPS) is 19.3. The number of rotatable bonds is 6. The van der Waals surface area contributed by atoms with Crippen molar-refractivity contribution >= 4 is 17.3 Å². The van der Waals surface area contributed by atoms with Gasteiger partial charge in [0.2, 0.25) is 0 Å². The predicted octanol–water partition coefficient (Wildman–Crippen LogP) is 4.90. The van der Waals surface area contributed by atoms with Crippen LogP contribution in [-0.4, -0.2) is 57.8 Å². The third-order valence-corrected chi connectivity index (χ3v) is 6.88. The number of anilines is 2. The number of hydrogen-bond donors (Lipinski definition) is 1. The minimum Gasteiger partial charge on any atom is -0.456 e. The van der Waals surface area contributed by atoms with E-state index in [-0.39, 0.29) is 5.91 Å². The number of nitrogens with one attached hydrogen (secondary N) is 1. The van der Waals surface area contributed by atoms with Crippen LogP contribution in [0.1, 0.15) is 60.4 Å². The molecule has 2 aromatic rings. The summed E-state index contributed by atoms with van der Waals surface area (Å²) in [5, 5.41) is 3.13. The molecule has 1 N–H and O–H groups in total. The molecule has 0 bridgehead atoms. The van der Waals surface area contributed by atoms with Crippen LogP contribution in [0.25, 0.3) is 0 Å². The van der Waals surface area contributed by atoms with Crippen LogP contribution in [0.4, 0.5) is 11.4 Å². The van der Waals surface area contributed by atoms with Gasteiger partial charge in [0.15, 0.2) is 5.76 Å². The van der Waals surface area contributed by atoms with E-state index in [0.717, 1.165) is 81.2 Å². The molecule has 0 atom stereocenters. The third-order valence-electron chi connectivity index (χ3n) is 6.88. The van der Waals surface area contributed by atoms with Crippen LogP contribution in [-0.2, 0) is 4.74 Å². The number of piperidine rings is 1. The first-order chi connectivity index (χ1) is 15.3. The second kappa shape index (κ2) is 9.67. The third kappa shape index (κ3) is 5.36. The first kappa shape index (κ1) is 22.9. The summed E-state index contributed by atoms with van der Waals surface area (Å²) in [5.41, 5.74) is 3.41. The highest BCUT2D eigenvalue weighted by molar-refractivity contribution is 6.04. The largest absolute Gasteiger partial charge is 0.456 e. The van der Waals surface area contributed by atoms with E-state index in [1.807, 2.05) is 6.07 Å². The summed E-state index contributed by atoms with van der Waals surface area (Å²) in [5.74, 6) is 1.41. The van der Waals surface area contributed by atoms with Crippen molar-refractivity contribution in [1.29, 1.82) is 0 Å². The van der Waals surface area contributed by atoms with Crippen molar-refractivity contribution in [3.63, 3.8) is 0 Å². The van der Waals surface area contributed by atoms with Crippen LogP contribution in [0.15, 0.2) is 34.7 Å². The van der Waals surface area contributed by atoms with Gasteiger partial charge >= 0.3 is 0 Å². The smallest absolute Gasteiger partial charge is 0.291 e. The molecular weight excluding hydrogens is 402 g/mol. The maximum Gasteiger partial charge on any atom is 0.291 e. The van der Waals surface area contributed by atoms with Gasteiger partial charge in [-0.1, -0.05) is 13.0 Å². The highest BCUT2D eigenvalue weighted by Crippen LogP contribution is 2.37. The zero-order valence-corrected chi connectivity index (χ0v) is 19.9. The van der Waals surface area contributed by atoms with Gasteiger partial charge in [-0.25, -0.2) is 0 Å². The molecule has 2 saturated heterocycles. The van der Waals surface area contributed by atoms with E-state index in [9.17, 15) is 4.79 Å². The summed E-state index contributed by atoms with van der Waals surface area (Å²) >= 11 is 0. The SMILES string of the molecule is Cc1ccc(N2CCC(C)(CN(C)C)CC2)c(NC(=O)c2ccc(C3CCOCC3)o2)c1. The van der Waals surface area contributed by atoms with Crippen molar-refractivity contribution in [2.75, 3.05) is 57.2 Å². The summed E-state index contributed by atoms with van der Waals surface area (Å²) in [6, 6.07) is 10.1. The maximum absolute atomic E-state index is 13.0. The maximum atomic E-state index is 13.0. The van der Waals surface area contributed by atoms with Crippen molar-refractivity contribution < 1.29 is 13.9 Å². The Balaban J connectivity index is 1.46. The summed E-state index contributed by atoms with van der Waals surface area (Å²) in [4.78, 5) is 17.7. The van der Waals surface area contributed by atoms with Crippen molar-refractivity contribution in [3.05, 3.63) is 47.4 Å². The number of aryl methyl sites for hydroxylation is 1. The molecule has 3 heterocycles. The lowest BCUT2D eigenvalue weighted by Gasteiger charge is -2.42. The Hall–Kier alpha value is -2.31. The number of amides is 1. The van der Waals surface area contributed by atoms with E-state index in [0.29, 0.717) is 17.1 Å². The number of carbonyl (C=O) groups excluding carboxylic acids is 1. The molecule has 1 aromatic carbocycles. The summed E-state index contributed by atoms with van der Waals surface area (Å²) < 4.78 is 11.4. The van der Waals surface area contributed by atoms with Gasteiger partial charge in [0.1, 0.15) is 5.76 Å². The van der Waals surface area contributed by atoms with E-state index in [1.165, 1.54) is 0 Å². The fraction of sp³-hybridized carbons (Fsp3) is 0.577. The van der Waals surface area contributed by atoms with Gasteiger partial charge in [-0.2, -0.15) is 0 Å². The molecule has 0 aliphatic carbocycles. The van der Waals surface area contributed by atoms with E-state index >= 15 is 0 Å². The molecule has 1 aromatic heterocycles. The zero-order valence-electron chi connectivity index (χ0n) is 19.9. The molecule has 0 radical (unpaired) electrons. The van der Waals surface area contributed by atoms with Crippen molar-refractivity contribution in [3.8, 4) is 0 Å². The van der Waals surface area contributed by atoms with Gasteiger partial charge in [-0.15, -0.1) is 0 Å². The number of nitrogens with zero attached hydrogens (tertiary/aromatic N) is 2. The van der Waals surface area contributed by atoms with Crippen LogP contribution < -0.4 is 10.2 Å². The molecule has 6 nitrogen and oxygen atoms in total. The van der Waals surface area contributed by atoms with Crippen molar-refractivity contribution in [1.82, 2.24) is 4.90 Å². The van der Waals surface area contributed by atoms with Crippen LogP contribution in [0, 0.1) is 12.3 Å². The molecule has 0 unspecified atom stereocenters. The number of ether oxygens (including phenoxy) is 1. The van der Waals surface area contributed by atoms with E-state index in [4.69, 9.17) is 9.15 Å². The number of hydrogen-bond acceptors (Lipinski definition) is 5. The van der Waals surface area contributed by atoms with Gasteiger partial charge in [0, 0.05) is 38.8 Å². The first-order valence-corrected chi connectivity index (χ1v) is 11.8. The number of furan rings is 1. The van der Waals surface area contributed by atoms with Gasteiger partial charge in [-0.3, -0.25) is 4.79 Å². The van der Waals surface area contributed by atoms with E-state index in [1.54, 1.807) is 6.07 Å². The molecule has 174 valence electrons. The standard InChI is InChI=1S/C26H37N3O3/c1-19-5-6-22(29-13-11-26(2,12-14-29)18-28(3)4)21(17-19)27-25(30)24-8-7-23(32-24)20-9-15-31-16-10-20/h5-8,17,20H,9-16,18H2,1-4H3,(H,27,30). The second-order valence-electron chi connectivity index (χ2n) is 10.1. The molecule has 2 aliphatic heterocycles. The molecule has 1 amide bonds. The second-order valence-corrected chi connectivity index (χ2v) is 10.1. The zero-order chi connectivity index (χ0) is 22.7. The van der Waals surface area contributed by atoms with Crippen LogP contribution in [0.3, 0.4) is 0 Å². The average molecular weight is 440 g/mol. The van der Waals surface area contributed by atoms with Gasteiger partial charge in [0.25, 0.3) is 5.91 Å².